The summed E-state index contributed by atoms with van der Waals surface area (Å²) in [5.41, 5.74) is 2.15. The average Bonchev–Trinajstić information content (AvgIpc) is 2.62. The molecular formula is C21H26N2O2. The number of nitrogens with zero attached hydrogens (tertiary/aromatic N) is 1. The largest absolute Gasteiger partial charge is 0.337 e. The van der Waals surface area contributed by atoms with Crippen molar-refractivity contribution in [3.05, 3.63) is 65.7 Å². The van der Waals surface area contributed by atoms with E-state index in [0.717, 1.165) is 18.4 Å². The third-order valence-electron chi connectivity index (χ3n) is 4.19. The Labute approximate surface area is 149 Å². The molecule has 0 fully saturated rings. The third-order valence-corrected chi connectivity index (χ3v) is 4.19. The second kappa shape index (κ2) is 9.02. The molecule has 1 unspecified atom stereocenters. The van der Waals surface area contributed by atoms with Crippen molar-refractivity contribution in [1.29, 1.82) is 0 Å². The van der Waals surface area contributed by atoms with Gasteiger partial charge in [0.05, 0.1) is 11.3 Å². The van der Waals surface area contributed by atoms with Gasteiger partial charge in [-0.2, -0.15) is 0 Å². The van der Waals surface area contributed by atoms with Crippen molar-refractivity contribution >= 4 is 17.5 Å². The van der Waals surface area contributed by atoms with Crippen molar-refractivity contribution in [3.8, 4) is 0 Å². The number of para-hydroxylation sites is 1. The number of hydrogen-bond donors (Lipinski definition) is 1. The smallest absolute Gasteiger partial charge is 0.256 e. The van der Waals surface area contributed by atoms with Crippen molar-refractivity contribution < 1.29 is 9.59 Å². The van der Waals surface area contributed by atoms with Crippen molar-refractivity contribution in [1.82, 2.24) is 4.90 Å². The molecule has 0 bridgehead atoms. The maximum Gasteiger partial charge on any atom is 0.256 e. The number of rotatable bonds is 7. The van der Waals surface area contributed by atoms with E-state index in [1.807, 2.05) is 49.4 Å². The molecule has 4 nitrogen and oxygen atoms in total. The van der Waals surface area contributed by atoms with Crippen LogP contribution < -0.4 is 5.32 Å². The summed E-state index contributed by atoms with van der Waals surface area (Å²) in [6, 6.07) is 17.0. The minimum Gasteiger partial charge on any atom is -0.337 e. The van der Waals surface area contributed by atoms with E-state index in [1.54, 1.807) is 24.1 Å². The normalized spacial score (nSPS) is 11.6. The van der Waals surface area contributed by atoms with Gasteiger partial charge >= 0.3 is 0 Å². The van der Waals surface area contributed by atoms with Gasteiger partial charge in [0.25, 0.3) is 5.91 Å². The molecule has 0 heterocycles. The summed E-state index contributed by atoms with van der Waals surface area (Å²) < 4.78 is 0. The molecule has 132 valence electrons. The zero-order valence-electron chi connectivity index (χ0n) is 15.2. The molecule has 25 heavy (non-hydrogen) atoms. The molecule has 0 spiro atoms. The fourth-order valence-corrected chi connectivity index (χ4v) is 2.73. The Hall–Kier alpha value is -2.62. The Bertz CT molecular complexity index is 713. The number of nitrogens with one attached hydrogen (secondary N) is 1. The Balaban J connectivity index is 2.13. The van der Waals surface area contributed by atoms with Gasteiger partial charge in [0.1, 0.15) is 0 Å². The van der Waals surface area contributed by atoms with Gasteiger partial charge in [-0.25, -0.2) is 0 Å². The maximum atomic E-state index is 12.8. The fourth-order valence-electron chi connectivity index (χ4n) is 2.73. The number of benzene rings is 2. The van der Waals surface area contributed by atoms with E-state index in [-0.39, 0.29) is 17.7 Å². The van der Waals surface area contributed by atoms with Crippen LogP contribution in [0.1, 0.15) is 42.6 Å². The summed E-state index contributed by atoms with van der Waals surface area (Å²) in [5, 5.41) is 2.91. The Kier molecular flexibility index (Phi) is 6.75. The molecule has 2 rings (SSSR count). The first-order valence-electron chi connectivity index (χ1n) is 8.72. The van der Waals surface area contributed by atoms with Gasteiger partial charge in [-0.3, -0.25) is 9.59 Å². The van der Waals surface area contributed by atoms with Crippen LogP contribution in [0, 0.1) is 5.92 Å². The fraction of sp³-hybridized carbons (Fsp3) is 0.333. The molecule has 2 aromatic carbocycles. The van der Waals surface area contributed by atoms with Crippen LogP contribution in [0.4, 0.5) is 5.69 Å². The van der Waals surface area contributed by atoms with Crippen LogP contribution >= 0.6 is 0 Å². The Morgan fingerprint density at radius 3 is 2.36 bits per heavy atom. The molecule has 0 aliphatic carbocycles. The molecule has 0 radical (unpaired) electrons. The second-order valence-electron chi connectivity index (χ2n) is 6.37. The molecule has 0 saturated carbocycles. The first-order valence-corrected chi connectivity index (χ1v) is 8.72. The molecule has 0 aliphatic heterocycles. The van der Waals surface area contributed by atoms with E-state index < -0.39 is 0 Å². The number of carbonyl (C=O) groups excluding carboxylic acids is 2. The lowest BCUT2D eigenvalue weighted by Gasteiger charge is -2.20. The zero-order chi connectivity index (χ0) is 18.2. The summed E-state index contributed by atoms with van der Waals surface area (Å²) in [6.07, 6.45) is 1.78. The minimum atomic E-state index is -0.108. The Morgan fingerprint density at radius 2 is 1.68 bits per heavy atom. The predicted octanol–water partition coefficient (Wildman–Crippen LogP) is 4.33. The molecular weight excluding hydrogens is 312 g/mol. The number of hydrogen-bond acceptors (Lipinski definition) is 2. The van der Waals surface area contributed by atoms with E-state index in [1.165, 1.54) is 0 Å². The van der Waals surface area contributed by atoms with Gasteiger partial charge in [-0.05, 0) is 24.1 Å². The maximum absolute atomic E-state index is 12.8. The lowest BCUT2D eigenvalue weighted by molar-refractivity contribution is -0.119. The number of anilines is 1. The summed E-state index contributed by atoms with van der Waals surface area (Å²) in [4.78, 5) is 26.8. The second-order valence-corrected chi connectivity index (χ2v) is 6.37. The van der Waals surface area contributed by atoms with Crippen molar-refractivity contribution in [2.75, 3.05) is 12.4 Å². The van der Waals surface area contributed by atoms with Crippen molar-refractivity contribution in [2.45, 2.75) is 33.2 Å². The quantitative estimate of drug-likeness (QED) is 0.817. The molecule has 2 amide bonds. The minimum absolute atomic E-state index is 0.0483. The average molecular weight is 338 g/mol. The topological polar surface area (TPSA) is 49.4 Å². The molecule has 4 heteroatoms. The van der Waals surface area contributed by atoms with E-state index >= 15 is 0 Å². The summed E-state index contributed by atoms with van der Waals surface area (Å²) in [5.74, 6) is -0.231. The van der Waals surface area contributed by atoms with Crippen LogP contribution in [-0.2, 0) is 11.3 Å². The van der Waals surface area contributed by atoms with Gasteiger partial charge in [-0.15, -0.1) is 0 Å². The van der Waals surface area contributed by atoms with Gasteiger partial charge in [0.2, 0.25) is 5.91 Å². The molecule has 0 aromatic heterocycles. The third kappa shape index (κ3) is 5.18. The first-order chi connectivity index (χ1) is 12.0. The lowest BCUT2D eigenvalue weighted by atomic mass is 10.0. The monoisotopic (exact) mass is 338 g/mol. The number of amides is 2. The molecule has 0 saturated heterocycles. The highest BCUT2D eigenvalue weighted by molar-refractivity contribution is 6.04. The van der Waals surface area contributed by atoms with Crippen LogP contribution in [-0.4, -0.2) is 23.8 Å². The van der Waals surface area contributed by atoms with Crippen LogP contribution in [0.2, 0.25) is 0 Å². The Morgan fingerprint density at radius 1 is 1.04 bits per heavy atom. The molecule has 0 aliphatic rings. The van der Waals surface area contributed by atoms with Crippen molar-refractivity contribution in [3.63, 3.8) is 0 Å². The SMILES string of the molecule is CCCC(C)C(=O)Nc1ccccc1C(=O)N(C)Cc1ccccc1. The van der Waals surface area contributed by atoms with E-state index in [9.17, 15) is 9.59 Å². The number of carbonyl (C=O) groups is 2. The van der Waals surface area contributed by atoms with E-state index in [4.69, 9.17) is 0 Å². The summed E-state index contributed by atoms with van der Waals surface area (Å²) in [7, 11) is 1.77. The van der Waals surface area contributed by atoms with E-state index in [0.29, 0.717) is 17.8 Å². The van der Waals surface area contributed by atoms with Crippen LogP contribution in [0.3, 0.4) is 0 Å². The molecule has 1 N–H and O–H groups in total. The highest BCUT2D eigenvalue weighted by atomic mass is 16.2. The van der Waals surface area contributed by atoms with Gasteiger partial charge in [-0.1, -0.05) is 62.7 Å². The van der Waals surface area contributed by atoms with Crippen LogP contribution in [0.25, 0.3) is 0 Å². The zero-order valence-corrected chi connectivity index (χ0v) is 15.2. The predicted molar refractivity (Wildman–Crippen MR) is 101 cm³/mol. The molecule has 2 aromatic rings. The molecule has 1 atom stereocenters. The highest BCUT2D eigenvalue weighted by Crippen LogP contribution is 2.19. The van der Waals surface area contributed by atoms with Crippen molar-refractivity contribution in [2.24, 2.45) is 5.92 Å². The first kappa shape index (κ1) is 18.7. The van der Waals surface area contributed by atoms with E-state index in [2.05, 4.69) is 12.2 Å². The standard InChI is InChI=1S/C21H26N2O2/c1-4-10-16(2)20(24)22-19-14-9-8-13-18(19)21(25)23(3)15-17-11-6-5-7-12-17/h5-9,11-14,16H,4,10,15H2,1-3H3,(H,22,24). The van der Waals surface area contributed by atoms with Gasteiger partial charge in [0, 0.05) is 19.5 Å². The lowest BCUT2D eigenvalue weighted by Crippen LogP contribution is -2.28. The summed E-state index contributed by atoms with van der Waals surface area (Å²) in [6.45, 7) is 4.48. The van der Waals surface area contributed by atoms with Gasteiger partial charge < -0.3 is 10.2 Å². The van der Waals surface area contributed by atoms with Gasteiger partial charge in [0.15, 0.2) is 0 Å². The summed E-state index contributed by atoms with van der Waals surface area (Å²) >= 11 is 0. The van der Waals surface area contributed by atoms with Crippen LogP contribution in [0.15, 0.2) is 54.6 Å². The van der Waals surface area contributed by atoms with Crippen LogP contribution in [0.5, 0.6) is 0 Å². The highest BCUT2D eigenvalue weighted by Gasteiger charge is 2.19.